The van der Waals surface area contributed by atoms with Crippen LogP contribution >= 0.6 is 11.6 Å². The lowest BCUT2D eigenvalue weighted by molar-refractivity contribution is 0.0952. The first-order valence-electron chi connectivity index (χ1n) is 5.04. The summed E-state index contributed by atoms with van der Waals surface area (Å²) in [4.78, 5) is 11.7. The van der Waals surface area contributed by atoms with Crippen LogP contribution in [0.4, 0.5) is 0 Å². The Morgan fingerprint density at radius 1 is 1.60 bits per heavy atom. The molecule has 1 amide bonds. The van der Waals surface area contributed by atoms with E-state index in [0.29, 0.717) is 17.9 Å². The zero-order valence-corrected chi connectivity index (χ0v) is 10.0. The molecule has 0 spiro atoms. The molecule has 1 atom stereocenters. The van der Waals surface area contributed by atoms with Crippen molar-refractivity contribution in [2.45, 2.75) is 32.6 Å². The highest BCUT2D eigenvalue weighted by atomic mass is 35.5. The van der Waals surface area contributed by atoms with Crippen LogP contribution in [0.2, 0.25) is 0 Å². The topological polar surface area (TPSA) is 42.2 Å². The largest absolute Gasteiger partial charge is 0.466 e. The fourth-order valence-electron chi connectivity index (χ4n) is 1.30. The third kappa shape index (κ3) is 3.27. The lowest BCUT2D eigenvalue weighted by Crippen LogP contribution is -2.29. The molecule has 3 nitrogen and oxygen atoms in total. The van der Waals surface area contributed by atoms with Crippen molar-refractivity contribution in [2.75, 3.05) is 6.54 Å². The molecule has 1 aromatic rings. The van der Waals surface area contributed by atoms with Gasteiger partial charge < -0.3 is 9.73 Å². The predicted molar refractivity (Wildman–Crippen MR) is 60.4 cm³/mol. The minimum atomic E-state index is -0.122. The van der Waals surface area contributed by atoms with Crippen molar-refractivity contribution < 1.29 is 9.21 Å². The molecule has 0 fully saturated rings. The number of alkyl halides is 1. The first-order valence-corrected chi connectivity index (χ1v) is 5.47. The summed E-state index contributed by atoms with van der Waals surface area (Å²) >= 11 is 5.90. The fraction of sp³-hybridized carbons (Fsp3) is 0.545. The fourth-order valence-corrected chi connectivity index (χ4v) is 1.38. The van der Waals surface area contributed by atoms with Crippen molar-refractivity contribution in [3.63, 3.8) is 0 Å². The summed E-state index contributed by atoms with van der Waals surface area (Å²) in [6.45, 7) is 6.07. The van der Waals surface area contributed by atoms with Crippen LogP contribution in [0.3, 0.4) is 0 Å². The Bertz CT molecular complexity index is 346. The van der Waals surface area contributed by atoms with E-state index >= 15 is 0 Å². The van der Waals surface area contributed by atoms with Gasteiger partial charge in [-0.05, 0) is 26.3 Å². The first kappa shape index (κ1) is 12.1. The lowest BCUT2D eigenvalue weighted by Gasteiger charge is -2.07. The number of nitrogens with one attached hydrogen (secondary N) is 1. The number of halogens is 1. The summed E-state index contributed by atoms with van der Waals surface area (Å²) < 4.78 is 5.27. The second-order valence-electron chi connectivity index (χ2n) is 3.54. The van der Waals surface area contributed by atoms with Crippen molar-refractivity contribution in [1.82, 2.24) is 5.32 Å². The van der Waals surface area contributed by atoms with E-state index in [-0.39, 0.29) is 11.3 Å². The van der Waals surface area contributed by atoms with Gasteiger partial charge in [-0.2, -0.15) is 0 Å². The quantitative estimate of drug-likeness (QED) is 0.807. The molecular weight excluding hydrogens is 214 g/mol. The highest BCUT2D eigenvalue weighted by Crippen LogP contribution is 2.13. The van der Waals surface area contributed by atoms with E-state index in [1.807, 2.05) is 13.8 Å². The van der Waals surface area contributed by atoms with Crippen LogP contribution in [-0.4, -0.2) is 17.8 Å². The molecule has 4 heteroatoms. The minimum absolute atomic E-state index is 0.0118. The molecule has 0 aliphatic rings. The molecule has 0 aromatic carbocycles. The Kier molecular flexibility index (Phi) is 4.21. The van der Waals surface area contributed by atoms with Crippen LogP contribution in [0, 0.1) is 13.8 Å². The van der Waals surface area contributed by atoms with Gasteiger partial charge in [-0.15, -0.1) is 11.6 Å². The average molecular weight is 230 g/mol. The van der Waals surface area contributed by atoms with Crippen molar-refractivity contribution in [2.24, 2.45) is 0 Å². The van der Waals surface area contributed by atoms with Crippen LogP contribution in [0.15, 0.2) is 10.5 Å². The number of hydrogen-bond donors (Lipinski definition) is 1. The minimum Gasteiger partial charge on any atom is -0.466 e. The molecule has 84 valence electrons. The monoisotopic (exact) mass is 229 g/mol. The summed E-state index contributed by atoms with van der Waals surface area (Å²) in [5, 5.41) is 2.76. The van der Waals surface area contributed by atoms with E-state index in [0.717, 1.165) is 12.2 Å². The Hall–Kier alpha value is -0.960. The molecular formula is C11H16ClNO2. The van der Waals surface area contributed by atoms with Crippen molar-refractivity contribution in [3.05, 3.63) is 23.2 Å². The van der Waals surface area contributed by atoms with Crippen LogP contribution in [-0.2, 0) is 0 Å². The molecule has 1 heterocycles. The average Bonchev–Trinajstić information content (AvgIpc) is 2.53. The maximum absolute atomic E-state index is 11.7. The van der Waals surface area contributed by atoms with Crippen molar-refractivity contribution in [1.29, 1.82) is 0 Å². The van der Waals surface area contributed by atoms with E-state index in [1.165, 1.54) is 0 Å². The molecule has 1 aromatic heterocycles. The summed E-state index contributed by atoms with van der Waals surface area (Å²) in [6, 6.07) is 1.74. The Balaban J connectivity index is 2.58. The summed E-state index contributed by atoms with van der Waals surface area (Å²) in [5.41, 5.74) is 0.590. The second kappa shape index (κ2) is 5.21. The zero-order chi connectivity index (χ0) is 11.4. The van der Waals surface area contributed by atoms with Gasteiger partial charge in [-0.1, -0.05) is 6.92 Å². The van der Waals surface area contributed by atoms with E-state index < -0.39 is 0 Å². The van der Waals surface area contributed by atoms with E-state index in [9.17, 15) is 4.79 Å². The highest BCUT2D eigenvalue weighted by Gasteiger charge is 2.13. The number of amides is 1. The number of carbonyl (C=O) groups excluding carboxylic acids is 1. The SMILES string of the molecule is CCC(Cl)CNC(=O)c1cc(C)oc1C. The maximum Gasteiger partial charge on any atom is 0.254 e. The van der Waals surface area contributed by atoms with Gasteiger partial charge in [0.25, 0.3) is 5.91 Å². The van der Waals surface area contributed by atoms with Crippen LogP contribution < -0.4 is 5.32 Å². The van der Waals surface area contributed by atoms with Crippen LogP contribution in [0.25, 0.3) is 0 Å². The normalized spacial score (nSPS) is 12.5. The molecule has 1 rings (SSSR count). The number of hydrogen-bond acceptors (Lipinski definition) is 2. The number of furan rings is 1. The van der Waals surface area contributed by atoms with Crippen LogP contribution in [0.1, 0.15) is 35.2 Å². The Labute approximate surface area is 94.8 Å². The van der Waals surface area contributed by atoms with Gasteiger partial charge in [-0.25, -0.2) is 0 Å². The van der Waals surface area contributed by atoms with Gasteiger partial charge in [0.2, 0.25) is 0 Å². The molecule has 1 N–H and O–H groups in total. The van der Waals surface area contributed by atoms with Gasteiger partial charge in [0.1, 0.15) is 11.5 Å². The molecule has 15 heavy (non-hydrogen) atoms. The number of aryl methyl sites for hydroxylation is 2. The standard InChI is InChI=1S/C11H16ClNO2/c1-4-9(12)6-13-11(14)10-5-7(2)15-8(10)3/h5,9H,4,6H2,1-3H3,(H,13,14). The number of carbonyl (C=O) groups is 1. The summed E-state index contributed by atoms with van der Waals surface area (Å²) in [6.07, 6.45) is 0.839. The van der Waals surface area contributed by atoms with E-state index in [2.05, 4.69) is 5.32 Å². The highest BCUT2D eigenvalue weighted by molar-refractivity contribution is 6.20. The Morgan fingerprint density at radius 3 is 2.73 bits per heavy atom. The lowest BCUT2D eigenvalue weighted by atomic mass is 10.2. The second-order valence-corrected chi connectivity index (χ2v) is 4.16. The predicted octanol–water partition coefficient (Wildman–Crippen LogP) is 2.64. The first-order chi connectivity index (χ1) is 7.04. The van der Waals surface area contributed by atoms with Gasteiger partial charge >= 0.3 is 0 Å². The molecule has 0 aliphatic heterocycles. The molecule has 0 saturated carbocycles. The van der Waals surface area contributed by atoms with Crippen molar-refractivity contribution in [3.8, 4) is 0 Å². The van der Waals surface area contributed by atoms with Crippen LogP contribution in [0.5, 0.6) is 0 Å². The van der Waals surface area contributed by atoms with E-state index in [4.69, 9.17) is 16.0 Å². The van der Waals surface area contributed by atoms with E-state index in [1.54, 1.807) is 13.0 Å². The van der Waals surface area contributed by atoms with Gasteiger partial charge in [0.05, 0.1) is 10.9 Å². The van der Waals surface area contributed by atoms with Crippen molar-refractivity contribution >= 4 is 17.5 Å². The summed E-state index contributed by atoms with van der Waals surface area (Å²) in [5.74, 6) is 1.27. The number of rotatable bonds is 4. The van der Waals surface area contributed by atoms with Gasteiger partial charge in [0.15, 0.2) is 0 Å². The smallest absolute Gasteiger partial charge is 0.254 e. The third-order valence-corrected chi connectivity index (χ3v) is 2.68. The Morgan fingerprint density at radius 2 is 2.27 bits per heavy atom. The van der Waals surface area contributed by atoms with Gasteiger partial charge in [0, 0.05) is 6.54 Å². The maximum atomic E-state index is 11.7. The molecule has 1 unspecified atom stereocenters. The molecule has 0 bridgehead atoms. The third-order valence-electron chi connectivity index (χ3n) is 2.21. The molecule has 0 radical (unpaired) electrons. The summed E-state index contributed by atoms with van der Waals surface area (Å²) in [7, 11) is 0. The zero-order valence-electron chi connectivity index (χ0n) is 9.26. The molecule has 0 saturated heterocycles. The van der Waals surface area contributed by atoms with Gasteiger partial charge in [-0.3, -0.25) is 4.79 Å². The molecule has 0 aliphatic carbocycles.